The first-order chi connectivity index (χ1) is 10.7. The van der Waals surface area contributed by atoms with E-state index in [0.29, 0.717) is 28.8 Å². The second-order valence-corrected chi connectivity index (χ2v) is 5.69. The van der Waals surface area contributed by atoms with Gasteiger partial charge in [-0.2, -0.15) is 0 Å². The highest BCUT2D eigenvalue weighted by Crippen LogP contribution is 2.32. The lowest BCUT2D eigenvalue weighted by molar-refractivity contribution is 0.103. The molecule has 1 aliphatic carbocycles. The molecule has 2 aromatic carbocycles. The van der Waals surface area contributed by atoms with Gasteiger partial charge in [0.2, 0.25) is 0 Å². The zero-order valence-corrected chi connectivity index (χ0v) is 12.8. The van der Waals surface area contributed by atoms with E-state index in [9.17, 15) is 15.0 Å². The topological polar surface area (TPSA) is 57.5 Å². The molecule has 0 radical (unpaired) electrons. The Hall–Kier alpha value is -1.88. The molecule has 112 valence electrons. The number of thiocarbonyl (C=S) groups is 1. The van der Waals surface area contributed by atoms with E-state index < -0.39 is 0 Å². The number of benzene rings is 2. The van der Waals surface area contributed by atoms with Gasteiger partial charge in [-0.3, -0.25) is 4.79 Å². The zero-order chi connectivity index (χ0) is 15.7. The monoisotopic (exact) mass is 312 g/mol. The molecule has 0 saturated heterocycles. The van der Waals surface area contributed by atoms with Crippen LogP contribution in [0, 0.1) is 0 Å². The van der Waals surface area contributed by atoms with Crippen LogP contribution in [0.25, 0.3) is 0 Å². The molecular formula is C18H16O3S. The van der Waals surface area contributed by atoms with Crippen LogP contribution in [0.1, 0.15) is 38.2 Å². The second-order valence-electron chi connectivity index (χ2n) is 5.28. The summed E-state index contributed by atoms with van der Waals surface area (Å²) >= 11 is 5.62. The van der Waals surface area contributed by atoms with Gasteiger partial charge in [-0.05, 0) is 24.0 Å². The first-order valence-corrected chi connectivity index (χ1v) is 7.64. The van der Waals surface area contributed by atoms with Crippen LogP contribution in [0.3, 0.4) is 0 Å². The molecule has 0 spiro atoms. The van der Waals surface area contributed by atoms with Crippen molar-refractivity contribution in [2.75, 3.05) is 13.2 Å². The third-order valence-electron chi connectivity index (χ3n) is 4.01. The van der Waals surface area contributed by atoms with Gasteiger partial charge in [0.25, 0.3) is 0 Å². The minimum Gasteiger partial charge on any atom is -0.396 e. The van der Waals surface area contributed by atoms with E-state index in [-0.39, 0.29) is 19.0 Å². The number of hydrogen-bond donors (Lipinski definition) is 2. The molecule has 0 heterocycles. The average Bonchev–Trinajstić information content (AvgIpc) is 2.53. The molecule has 2 N–H and O–H groups in total. The molecule has 3 nitrogen and oxygen atoms in total. The van der Waals surface area contributed by atoms with E-state index >= 15 is 0 Å². The van der Waals surface area contributed by atoms with Crippen LogP contribution in [0.5, 0.6) is 0 Å². The number of carbonyl (C=O) groups excluding carboxylic acids is 1. The predicted molar refractivity (Wildman–Crippen MR) is 88.7 cm³/mol. The number of hydrogen-bond acceptors (Lipinski definition) is 4. The summed E-state index contributed by atoms with van der Waals surface area (Å²) in [6.45, 7) is 0.0125. The van der Waals surface area contributed by atoms with E-state index in [1.165, 1.54) is 0 Å². The van der Waals surface area contributed by atoms with Crippen molar-refractivity contribution in [2.45, 2.75) is 12.8 Å². The SMILES string of the molecule is O=C1c2cccc(CCO)c2C(=S)c2cccc(CCO)c21. The first-order valence-electron chi connectivity index (χ1n) is 7.24. The Morgan fingerprint density at radius 3 is 1.95 bits per heavy atom. The second kappa shape index (κ2) is 6.08. The van der Waals surface area contributed by atoms with Gasteiger partial charge < -0.3 is 10.2 Å². The van der Waals surface area contributed by atoms with Crippen LogP contribution in [-0.4, -0.2) is 34.1 Å². The third-order valence-corrected chi connectivity index (χ3v) is 4.43. The average molecular weight is 312 g/mol. The highest BCUT2D eigenvalue weighted by atomic mass is 32.1. The summed E-state index contributed by atoms with van der Waals surface area (Å²) in [5.41, 5.74) is 4.44. The highest BCUT2D eigenvalue weighted by Gasteiger charge is 2.30. The van der Waals surface area contributed by atoms with Gasteiger partial charge >= 0.3 is 0 Å². The molecule has 0 amide bonds. The number of fused-ring (bicyclic) bond motifs is 2. The van der Waals surface area contributed by atoms with Gasteiger partial charge in [-0.15, -0.1) is 0 Å². The normalized spacial score (nSPS) is 13.0. The summed E-state index contributed by atoms with van der Waals surface area (Å²) in [5.74, 6) is -0.0533. The highest BCUT2D eigenvalue weighted by molar-refractivity contribution is 7.81. The molecule has 0 bridgehead atoms. The van der Waals surface area contributed by atoms with Crippen molar-refractivity contribution in [1.82, 2.24) is 0 Å². The van der Waals surface area contributed by atoms with Crippen LogP contribution >= 0.6 is 12.2 Å². The van der Waals surface area contributed by atoms with Crippen molar-refractivity contribution in [3.8, 4) is 0 Å². The van der Waals surface area contributed by atoms with E-state index in [4.69, 9.17) is 12.2 Å². The fourth-order valence-electron chi connectivity index (χ4n) is 3.04. The number of aliphatic hydroxyl groups is 2. The summed E-state index contributed by atoms with van der Waals surface area (Å²) in [5, 5.41) is 18.4. The maximum absolute atomic E-state index is 12.9. The maximum atomic E-state index is 12.9. The zero-order valence-electron chi connectivity index (χ0n) is 12.0. The lowest BCUT2D eigenvalue weighted by Crippen LogP contribution is -2.24. The largest absolute Gasteiger partial charge is 0.396 e. The molecule has 0 aromatic heterocycles. The molecule has 2 aromatic rings. The molecule has 4 heteroatoms. The predicted octanol–water partition coefficient (Wildman–Crippen LogP) is 2.07. The minimum absolute atomic E-state index is 0.00605. The molecular weight excluding hydrogens is 296 g/mol. The van der Waals surface area contributed by atoms with Crippen LogP contribution in [0.15, 0.2) is 36.4 Å². The number of carbonyl (C=O) groups is 1. The maximum Gasteiger partial charge on any atom is 0.194 e. The number of ketones is 1. The summed E-state index contributed by atoms with van der Waals surface area (Å²) in [6.07, 6.45) is 0.908. The Morgan fingerprint density at radius 1 is 0.818 bits per heavy atom. The van der Waals surface area contributed by atoms with Crippen molar-refractivity contribution < 1.29 is 15.0 Å². The van der Waals surface area contributed by atoms with Gasteiger partial charge in [0.1, 0.15) is 0 Å². The standard InChI is InChI=1S/C18H16O3S/c19-9-7-11-3-2-6-14-15(11)17(21)13-5-1-4-12(8-10-20)16(13)18(14)22/h1-6,19-20H,7-10H2. The van der Waals surface area contributed by atoms with Gasteiger partial charge in [0.05, 0.1) is 4.86 Å². The van der Waals surface area contributed by atoms with Crippen molar-refractivity contribution >= 4 is 22.9 Å². The number of aliphatic hydroxyl groups excluding tert-OH is 2. The van der Waals surface area contributed by atoms with Gasteiger partial charge in [-0.1, -0.05) is 48.6 Å². The number of rotatable bonds is 4. The van der Waals surface area contributed by atoms with Crippen molar-refractivity contribution in [3.63, 3.8) is 0 Å². The van der Waals surface area contributed by atoms with Gasteiger partial charge in [0, 0.05) is 35.5 Å². The molecule has 0 saturated carbocycles. The summed E-state index contributed by atoms with van der Waals surface area (Å²) in [4.78, 5) is 13.5. The van der Waals surface area contributed by atoms with E-state index in [0.717, 1.165) is 22.3 Å². The molecule has 0 atom stereocenters. The van der Waals surface area contributed by atoms with Crippen molar-refractivity contribution in [1.29, 1.82) is 0 Å². The Kier molecular flexibility index (Phi) is 4.16. The molecule has 0 fully saturated rings. The quantitative estimate of drug-likeness (QED) is 0.724. The van der Waals surface area contributed by atoms with E-state index in [1.54, 1.807) is 6.07 Å². The Labute approximate surface area is 134 Å². The minimum atomic E-state index is -0.0533. The van der Waals surface area contributed by atoms with E-state index in [1.807, 2.05) is 30.3 Å². The summed E-state index contributed by atoms with van der Waals surface area (Å²) in [6, 6.07) is 11.1. The van der Waals surface area contributed by atoms with Crippen LogP contribution in [0.2, 0.25) is 0 Å². The molecule has 22 heavy (non-hydrogen) atoms. The van der Waals surface area contributed by atoms with Crippen molar-refractivity contribution in [2.24, 2.45) is 0 Å². The molecule has 3 rings (SSSR count). The smallest absolute Gasteiger partial charge is 0.194 e. The molecule has 0 aliphatic heterocycles. The van der Waals surface area contributed by atoms with Crippen LogP contribution in [0.4, 0.5) is 0 Å². The van der Waals surface area contributed by atoms with Gasteiger partial charge in [0.15, 0.2) is 5.78 Å². The Bertz CT molecular complexity index is 699. The van der Waals surface area contributed by atoms with Crippen molar-refractivity contribution in [3.05, 3.63) is 69.8 Å². The van der Waals surface area contributed by atoms with Crippen LogP contribution < -0.4 is 0 Å². The van der Waals surface area contributed by atoms with E-state index in [2.05, 4.69) is 0 Å². The Balaban J connectivity index is 2.23. The molecule has 1 aliphatic rings. The lowest BCUT2D eigenvalue weighted by Gasteiger charge is -2.24. The fourth-order valence-corrected chi connectivity index (χ4v) is 3.45. The van der Waals surface area contributed by atoms with Crippen LogP contribution in [-0.2, 0) is 12.8 Å². The third kappa shape index (κ3) is 2.29. The Morgan fingerprint density at radius 2 is 1.36 bits per heavy atom. The summed E-state index contributed by atoms with van der Waals surface area (Å²) < 4.78 is 0. The van der Waals surface area contributed by atoms with Gasteiger partial charge in [-0.25, -0.2) is 0 Å². The lowest BCUT2D eigenvalue weighted by atomic mass is 9.80. The molecule has 0 unspecified atom stereocenters. The first kappa shape index (κ1) is 15.0. The fraction of sp³-hybridized carbons (Fsp3) is 0.222. The summed E-state index contributed by atoms with van der Waals surface area (Å²) in [7, 11) is 0.